The number of hydrogen-bond acceptors (Lipinski definition) is 3. The molecule has 2 rings (SSSR count). The van der Waals surface area contributed by atoms with Crippen LogP contribution in [-0.2, 0) is 0 Å². The Hall–Kier alpha value is -1.86. The number of rotatable bonds is 1. The molecule has 0 unspecified atom stereocenters. The minimum atomic E-state index is -0.216. The summed E-state index contributed by atoms with van der Waals surface area (Å²) in [5.74, 6) is 5.34. The van der Waals surface area contributed by atoms with Crippen molar-refractivity contribution in [3.05, 3.63) is 29.6 Å². The molecule has 4 nitrogen and oxygen atoms in total. The molecule has 4 heteroatoms. The molecule has 0 saturated carbocycles. The lowest BCUT2D eigenvalue weighted by Gasteiger charge is -2.27. The first-order chi connectivity index (χ1) is 8.83. The average molecular weight is 244 g/mol. The fraction of sp³-hybridized carbons (Fsp3) is 0.429. The van der Waals surface area contributed by atoms with Crippen LogP contribution in [0.25, 0.3) is 0 Å². The molecular weight excluding hydrogens is 228 g/mol. The largest absolute Gasteiger partial charge is 0.384 e. The average Bonchev–Trinajstić information content (AvgIpc) is 2.45. The Morgan fingerprint density at radius 1 is 1.39 bits per heavy atom. The van der Waals surface area contributed by atoms with E-state index < -0.39 is 0 Å². The van der Waals surface area contributed by atoms with Crippen LogP contribution in [0.15, 0.2) is 18.5 Å². The summed E-state index contributed by atoms with van der Waals surface area (Å²) in [6, 6.07) is 1.69. The highest BCUT2D eigenvalue weighted by Gasteiger charge is 2.19. The van der Waals surface area contributed by atoms with Crippen LogP contribution in [0.5, 0.6) is 0 Å². The predicted octanol–water partition coefficient (Wildman–Crippen LogP) is 1.05. The third-order valence-corrected chi connectivity index (χ3v) is 3.00. The summed E-state index contributed by atoms with van der Waals surface area (Å²) in [5.41, 5.74) is 1.16. The lowest BCUT2D eigenvalue weighted by Crippen LogP contribution is -2.36. The molecule has 1 N–H and O–H groups in total. The highest BCUT2D eigenvalue weighted by molar-refractivity contribution is 5.96. The van der Waals surface area contributed by atoms with Gasteiger partial charge in [-0.2, -0.15) is 0 Å². The Morgan fingerprint density at radius 3 is 2.89 bits per heavy atom. The van der Waals surface area contributed by atoms with Gasteiger partial charge in [0, 0.05) is 25.5 Å². The third-order valence-electron chi connectivity index (χ3n) is 3.00. The monoisotopic (exact) mass is 244 g/mol. The van der Waals surface area contributed by atoms with Crippen LogP contribution in [0.1, 0.15) is 35.2 Å². The predicted molar refractivity (Wildman–Crippen MR) is 68.0 cm³/mol. The van der Waals surface area contributed by atoms with Crippen molar-refractivity contribution in [2.45, 2.75) is 19.3 Å². The van der Waals surface area contributed by atoms with E-state index >= 15 is 0 Å². The van der Waals surface area contributed by atoms with Gasteiger partial charge in [0.2, 0.25) is 0 Å². The second-order valence-corrected chi connectivity index (χ2v) is 4.23. The molecule has 0 atom stereocenters. The number of pyridine rings is 1. The van der Waals surface area contributed by atoms with Gasteiger partial charge < -0.3 is 10.0 Å². The topological polar surface area (TPSA) is 53.4 Å². The zero-order chi connectivity index (χ0) is 12.8. The van der Waals surface area contributed by atoms with E-state index in [-0.39, 0.29) is 12.5 Å². The van der Waals surface area contributed by atoms with E-state index in [1.54, 1.807) is 18.5 Å². The van der Waals surface area contributed by atoms with Gasteiger partial charge in [-0.15, -0.1) is 0 Å². The number of amides is 1. The highest BCUT2D eigenvalue weighted by Crippen LogP contribution is 2.15. The van der Waals surface area contributed by atoms with Crippen LogP contribution in [-0.4, -0.2) is 40.6 Å². The first-order valence-electron chi connectivity index (χ1n) is 6.16. The number of aliphatic hydroxyl groups is 1. The van der Waals surface area contributed by atoms with Crippen molar-refractivity contribution in [3.8, 4) is 11.8 Å². The molecule has 0 bridgehead atoms. The van der Waals surface area contributed by atoms with Crippen LogP contribution in [0.3, 0.4) is 0 Å². The van der Waals surface area contributed by atoms with E-state index in [0.29, 0.717) is 11.1 Å². The molecule has 1 fully saturated rings. The zero-order valence-electron chi connectivity index (χ0n) is 10.2. The summed E-state index contributed by atoms with van der Waals surface area (Å²) < 4.78 is 0. The Balaban J connectivity index is 2.23. The van der Waals surface area contributed by atoms with Gasteiger partial charge in [0.05, 0.1) is 11.1 Å². The number of hydrogen-bond donors (Lipinski definition) is 1. The van der Waals surface area contributed by atoms with Crippen molar-refractivity contribution in [3.63, 3.8) is 0 Å². The Bertz CT molecular complexity index is 482. The van der Waals surface area contributed by atoms with Crippen LogP contribution in [0.2, 0.25) is 0 Å². The quantitative estimate of drug-likeness (QED) is 0.751. The van der Waals surface area contributed by atoms with Crippen molar-refractivity contribution < 1.29 is 9.90 Å². The molecule has 0 aliphatic carbocycles. The summed E-state index contributed by atoms with van der Waals surface area (Å²) in [5, 5.41) is 8.72. The van der Waals surface area contributed by atoms with Gasteiger partial charge in [0.15, 0.2) is 0 Å². The van der Waals surface area contributed by atoms with E-state index in [1.807, 2.05) is 4.90 Å². The molecule has 0 radical (unpaired) electrons. The van der Waals surface area contributed by atoms with Crippen LogP contribution in [0.4, 0.5) is 0 Å². The Morgan fingerprint density at radius 2 is 2.17 bits per heavy atom. The van der Waals surface area contributed by atoms with Gasteiger partial charge in [0.1, 0.15) is 6.61 Å². The summed E-state index contributed by atoms with van der Waals surface area (Å²) in [4.78, 5) is 18.2. The number of likely N-dealkylation sites (tertiary alicyclic amines) is 1. The van der Waals surface area contributed by atoms with E-state index in [4.69, 9.17) is 5.11 Å². The van der Waals surface area contributed by atoms with Crippen LogP contribution < -0.4 is 0 Å². The van der Waals surface area contributed by atoms with Crippen molar-refractivity contribution in [2.24, 2.45) is 0 Å². The summed E-state index contributed by atoms with van der Waals surface area (Å²) >= 11 is 0. The maximum absolute atomic E-state index is 12.4. The molecule has 1 aliphatic rings. The lowest BCUT2D eigenvalue weighted by molar-refractivity contribution is 0.0724. The molecular formula is C14H16N2O2. The molecule has 1 aromatic rings. The van der Waals surface area contributed by atoms with E-state index in [1.165, 1.54) is 6.42 Å². The number of carbonyl (C=O) groups excluding carboxylic acids is 1. The Labute approximate surface area is 107 Å². The Kier molecular flexibility index (Phi) is 4.32. The molecule has 1 saturated heterocycles. The first kappa shape index (κ1) is 12.6. The summed E-state index contributed by atoms with van der Waals surface area (Å²) in [6.07, 6.45) is 6.49. The van der Waals surface area contributed by atoms with Crippen molar-refractivity contribution >= 4 is 5.91 Å². The fourth-order valence-corrected chi connectivity index (χ4v) is 2.08. The zero-order valence-corrected chi connectivity index (χ0v) is 10.2. The molecule has 1 aliphatic heterocycles. The van der Waals surface area contributed by atoms with Crippen molar-refractivity contribution in [1.82, 2.24) is 9.88 Å². The first-order valence-corrected chi connectivity index (χ1v) is 6.16. The molecule has 2 heterocycles. The standard InChI is InChI=1S/C14H16N2O2/c17-10-4-5-12-11-15-7-6-13(12)14(18)16-8-2-1-3-9-16/h6-7,11,17H,1-3,8-10H2. The minimum Gasteiger partial charge on any atom is -0.384 e. The van der Waals surface area contributed by atoms with Gasteiger partial charge in [-0.25, -0.2) is 0 Å². The third kappa shape index (κ3) is 2.88. The molecule has 0 spiro atoms. The molecule has 1 aromatic heterocycles. The normalized spacial score (nSPS) is 14.8. The van der Waals surface area contributed by atoms with Crippen LogP contribution in [0, 0.1) is 11.8 Å². The highest BCUT2D eigenvalue weighted by atomic mass is 16.2. The van der Waals surface area contributed by atoms with Crippen LogP contribution >= 0.6 is 0 Å². The maximum Gasteiger partial charge on any atom is 0.255 e. The van der Waals surface area contributed by atoms with Gasteiger partial charge in [0.25, 0.3) is 5.91 Å². The molecule has 18 heavy (non-hydrogen) atoms. The van der Waals surface area contributed by atoms with Crippen molar-refractivity contribution in [2.75, 3.05) is 19.7 Å². The second-order valence-electron chi connectivity index (χ2n) is 4.23. The summed E-state index contributed by atoms with van der Waals surface area (Å²) in [6.45, 7) is 1.41. The van der Waals surface area contributed by atoms with Crippen molar-refractivity contribution in [1.29, 1.82) is 0 Å². The number of carbonyl (C=O) groups is 1. The van der Waals surface area contributed by atoms with Gasteiger partial charge in [-0.3, -0.25) is 9.78 Å². The maximum atomic E-state index is 12.4. The molecule has 1 amide bonds. The van der Waals surface area contributed by atoms with Gasteiger partial charge in [-0.05, 0) is 25.3 Å². The van der Waals surface area contributed by atoms with E-state index in [2.05, 4.69) is 16.8 Å². The van der Waals surface area contributed by atoms with Gasteiger partial charge in [-0.1, -0.05) is 11.8 Å². The summed E-state index contributed by atoms with van der Waals surface area (Å²) in [7, 11) is 0. The van der Waals surface area contributed by atoms with E-state index in [0.717, 1.165) is 25.9 Å². The molecule has 94 valence electrons. The number of aliphatic hydroxyl groups excluding tert-OH is 1. The second kappa shape index (κ2) is 6.18. The minimum absolute atomic E-state index is 0.0133. The number of aromatic nitrogens is 1. The lowest BCUT2D eigenvalue weighted by atomic mass is 10.1. The SMILES string of the molecule is O=C(c1ccncc1C#CCO)N1CCCCC1. The smallest absolute Gasteiger partial charge is 0.255 e. The number of piperidine rings is 1. The number of nitrogens with zero attached hydrogens (tertiary/aromatic N) is 2. The van der Waals surface area contributed by atoms with Gasteiger partial charge >= 0.3 is 0 Å². The molecule has 0 aromatic carbocycles. The van der Waals surface area contributed by atoms with E-state index in [9.17, 15) is 4.79 Å². The fourth-order valence-electron chi connectivity index (χ4n) is 2.08.